The fraction of sp³-hybridized carbons (Fsp3) is 0.438. The molecule has 1 saturated heterocycles. The highest BCUT2D eigenvalue weighted by molar-refractivity contribution is 9.10. The third kappa shape index (κ3) is 3.55. The molecule has 0 bridgehead atoms. The van der Waals surface area contributed by atoms with Crippen LogP contribution in [0.1, 0.15) is 12.1 Å². The van der Waals surface area contributed by atoms with Crippen LogP contribution in [-0.4, -0.2) is 34.4 Å². The van der Waals surface area contributed by atoms with Gasteiger partial charge in [-0.15, -0.1) is 0 Å². The fourth-order valence-electron chi connectivity index (χ4n) is 2.83. The van der Waals surface area contributed by atoms with E-state index in [0.29, 0.717) is 10.4 Å². The molecular formula is C16H20BrN5O. The maximum atomic E-state index is 12.0. The zero-order chi connectivity index (χ0) is 16.4. The average molecular weight is 378 g/mol. The first-order valence-electron chi connectivity index (χ1n) is 7.69. The normalized spacial score (nSPS) is 17.5. The molecule has 1 atom stereocenters. The second-order valence-corrected chi connectivity index (χ2v) is 6.71. The van der Waals surface area contributed by atoms with Crippen LogP contribution in [0.3, 0.4) is 0 Å². The molecule has 0 spiro atoms. The van der Waals surface area contributed by atoms with E-state index in [0.717, 1.165) is 43.3 Å². The highest BCUT2D eigenvalue weighted by Gasteiger charge is 2.25. The van der Waals surface area contributed by atoms with Crippen molar-refractivity contribution >= 4 is 27.4 Å². The van der Waals surface area contributed by atoms with Gasteiger partial charge in [0.1, 0.15) is 10.3 Å². The maximum Gasteiger partial charge on any atom is 0.282 e. The van der Waals surface area contributed by atoms with E-state index in [1.54, 1.807) is 13.2 Å². The molecule has 6 nitrogen and oxygen atoms in total. The van der Waals surface area contributed by atoms with Crippen LogP contribution in [0.5, 0.6) is 0 Å². The van der Waals surface area contributed by atoms with Crippen LogP contribution in [0, 0.1) is 12.8 Å². The molecule has 2 aromatic heterocycles. The van der Waals surface area contributed by atoms with Gasteiger partial charge < -0.3 is 10.2 Å². The summed E-state index contributed by atoms with van der Waals surface area (Å²) < 4.78 is 1.93. The van der Waals surface area contributed by atoms with Gasteiger partial charge in [-0.1, -0.05) is 6.07 Å². The first-order valence-corrected chi connectivity index (χ1v) is 8.48. The Hall–Kier alpha value is -1.89. The summed E-state index contributed by atoms with van der Waals surface area (Å²) in [6.45, 7) is 4.71. The molecule has 23 heavy (non-hydrogen) atoms. The van der Waals surface area contributed by atoms with E-state index in [1.807, 2.05) is 25.1 Å². The summed E-state index contributed by atoms with van der Waals surface area (Å²) in [5.74, 6) is 1.44. The molecule has 0 amide bonds. The molecule has 1 aliphatic heterocycles. The van der Waals surface area contributed by atoms with Gasteiger partial charge in [0.15, 0.2) is 0 Å². The Labute approximate surface area is 143 Å². The third-order valence-electron chi connectivity index (χ3n) is 4.15. The van der Waals surface area contributed by atoms with Crippen LogP contribution in [0.4, 0.5) is 11.5 Å². The van der Waals surface area contributed by atoms with Gasteiger partial charge in [-0.25, -0.2) is 9.67 Å². The van der Waals surface area contributed by atoms with E-state index in [1.165, 1.54) is 4.68 Å². The van der Waals surface area contributed by atoms with Crippen LogP contribution in [0.2, 0.25) is 0 Å². The highest BCUT2D eigenvalue weighted by atomic mass is 79.9. The second kappa shape index (κ2) is 6.70. The third-order valence-corrected chi connectivity index (χ3v) is 4.89. The van der Waals surface area contributed by atoms with Gasteiger partial charge >= 0.3 is 0 Å². The van der Waals surface area contributed by atoms with Gasteiger partial charge in [0, 0.05) is 32.4 Å². The molecule has 0 radical (unpaired) electrons. The van der Waals surface area contributed by atoms with Crippen molar-refractivity contribution in [2.75, 3.05) is 29.9 Å². The Morgan fingerprint density at radius 1 is 1.43 bits per heavy atom. The van der Waals surface area contributed by atoms with E-state index >= 15 is 0 Å². The van der Waals surface area contributed by atoms with Crippen molar-refractivity contribution in [3.05, 3.63) is 44.9 Å². The number of anilines is 2. The van der Waals surface area contributed by atoms with Crippen molar-refractivity contribution in [2.45, 2.75) is 13.3 Å². The quantitative estimate of drug-likeness (QED) is 0.884. The predicted molar refractivity (Wildman–Crippen MR) is 95.0 cm³/mol. The number of rotatable bonds is 4. The largest absolute Gasteiger partial charge is 0.370 e. The molecule has 122 valence electrons. The van der Waals surface area contributed by atoms with Gasteiger partial charge in [-0.05, 0) is 47.3 Å². The van der Waals surface area contributed by atoms with Crippen molar-refractivity contribution < 1.29 is 0 Å². The summed E-state index contributed by atoms with van der Waals surface area (Å²) in [5.41, 5.74) is 1.79. The Kier molecular flexibility index (Phi) is 4.66. The molecule has 2 aromatic rings. The van der Waals surface area contributed by atoms with Gasteiger partial charge in [-0.2, -0.15) is 5.10 Å². The fourth-order valence-corrected chi connectivity index (χ4v) is 3.44. The van der Waals surface area contributed by atoms with Crippen molar-refractivity contribution in [3.8, 4) is 0 Å². The molecule has 0 aromatic carbocycles. The molecule has 0 aliphatic carbocycles. The summed E-state index contributed by atoms with van der Waals surface area (Å²) in [4.78, 5) is 18.7. The minimum absolute atomic E-state index is 0.104. The van der Waals surface area contributed by atoms with Gasteiger partial charge in [0.25, 0.3) is 5.56 Å². The number of nitrogens with zero attached hydrogens (tertiary/aromatic N) is 4. The predicted octanol–water partition coefficient (Wildman–Crippen LogP) is 2.18. The van der Waals surface area contributed by atoms with E-state index < -0.39 is 0 Å². The second-order valence-electron chi connectivity index (χ2n) is 5.92. The number of halogens is 1. The van der Waals surface area contributed by atoms with Crippen molar-refractivity contribution in [2.24, 2.45) is 13.0 Å². The molecule has 3 heterocycles. The smallest absolute Gasteiger partial charge is 0.282 e. The van der Waals surface area contributed by atoms with Crippen molar-refractivity contribution in [3.63, 3.8) is 0 Å². The number of hydrogen-bond donors (Lipinski definition) is 1. The number of hydrogen-bond acceptors (Lipinski definition) is 5. The molecule has 1 aliphatic rings. The van der Waals surface area contributed by atoms with Crippen molar-refractivity contribution in [1.29, 1.82) is 0 Å². The van der Waals surface area contributed by atoms with Crippen LogP contribution in [-0.2, 0) is 7.05 Å². The number of nitrogens with one attached hydrogen (secondary N) is 1. The Morgan fingerprint density at radius 3 is 3.04 bits per heavy atom. The lowest BCUT2D eigenvalue weighted by molar-refractivity contribution is 0.620. The monoisotopic (exact) mass is 377 g/mol. The van der Waals surface area contributed by atoms with Gasteiger partial charge in [0.05, 0.1) is 11.9 Å². The van der Waals surface area contributed by atoms with E-state index in [2.05, 4.69) is 36.2 Å². The van der Waals surface area contributed by atoms with Gasteiger partial charge in [-0.3, -0.25) is 4.79 Å². The van der Waals surface area contributed by atoms with E-state index in [9.17, 15) is 4.79 Å². The standard InChI is InChI=1S/C16H20BrN5O/c1-11-4-3-5-14(20-11)18-8-12-6-7-22(10-12)13-9-19-21(2)16(23)15(13)17/h3-5,9,12H,6-8,10H2,1-2H3,(H,18,20). The molecule has 0 saturated carbocycles. The highest BCUT2D eigenvalue weighted by Crippen LogP contribution is 2.27. The summed E-state index contributed by atoms with van der Waals surface area (Å²) in [6.07, 6.45) is 2.84. The average Bonchev–Trinajstić information content (AvgIpc) is 3.00. The van der Waals surface area contributed by atoms with Crippen LogP contribution < -0.4 is 15.8 Å². The Balaban J connectivity index is 1.63. The van der Waals surface area contributed by atoms with Crippen LogP contribution >= 0.6 is 15.9 Å². The van der Waals surface area contributed by atoms with Crippen LogP contribution in [0.15, 0.2) is 33.7 Å². The number of pyridine rings is 1. The molecular weight excluding hydrogens is 358 g/mol. The lowest BCUT2D eigenvalue weighted by atomic mass is 10.1. The number of aromatic nitrogens is 3. The Bertz CT molecular complexity index is 760. The molecule has 1 unspecified atom stereocenters. The minimum Gasteiger partial charge on any atom is -0.370 e. The first kappa shape index (κ1) is 16.0. The molecule has 1 fully saturated rings. The molecule has 7 heteroatoms. The zero-order valence-corrected chi connectivity index (χ0v) is 14.9. The van der Waals surface area contributed by atoms with Crippen molar-refractivity contribution in [1.82, 2.24) is 14.8 Å². The van der Waals surface area contributed by atoms with Crippen LogP contribution in [0.25, 0.3) is 0 Å². The minimum atomic E-state index is -0.104. The lowest BCUT2D eigenvalue weighted by Crippen LogP contribution is -2.27. The summed E-state index contributed by atoms with van der Waals surface area (Å²) >= 11 is 3.40. The maximum absolute atomic E-state index is 12.0. The number of aryl methyl sites for hydroxylation is 2. The van der Waals surface area contributed by atoms with E-state index in [-0.39, 0.29) is 5.56 Å². The molecule has 3 rings (SSSR count). The Morgan fingerprint density at radius 2 is 2.26 bits per heavy atom. The first-order chi connectivity index (χ1) is 11.0. The van der Waals surface area contributed by atoms with Gasteiger partial charge in [0.2, 0.25) is 0 Å². The van der Waals surface area contributed by atoms with E-state index in [4.69, 9.17) is 0 Å². The SMILES string of the molecule is Cc1cccc(NCC2CCN(c3cnn(C)c(=O)c3Br)C2)n1. The lowest BCUT2D eigenvalue weighted by Gasteiger charge is -2.20. The summed E-state index contributed by atoms with van der Waals surface area (Å²) in [6, 6.07) is 5.98. The summed E-state index contributed by atoms with van der Waals surface area (Å²) in [5, 5.41) is 7.52. The zero-order valence-electron chi connectivity index (χ0n) is 13.3. The summed E-state index contributed by atoms with van der Waals surface area (Å²) in [7, 11) is 1.66. The topological polar surface area (TPSA) is 63.1 Å². The molecule has 1 N–H and O–H groups in total.